The van der Waals surface area contributed by atoms with Crippen LogP contribution < -0.4 is 0 Å². The van der Waals surface area contributed by atoms with E-state index in [1.165, 1.54) is 56.1 Å². The second kappa shape index (κ2) is 18.5. The van der Waals surface area contributed by atoms with Crippen LogP contribution in [-0.2, 0) is 10.1 Å². The molecule has 0 saturated carbocycles. The quantitative estimate of drug-likeness (QED) is 0.123. The van der Waals surface area contributed by atoms with Gasteiger partial charge in [0.2, 0.25) is 0 Å². The zero-order valence-electron chi connectivity index (χ0n) is 22.3. The summed E-state index contributed by atoms with van der Waals surface area (Å²) in [6.45, 7) is 2.23. The lowest BCUT2D eigenvalue weighted by atomic mass is 10.0. The Morgan fingerprint density at radius 1 is 0.595 bits per heavy atom. The predicted molar refractivity (Wildman–Crippen MR) is 159 cm³/mol. The van der Waals surface area contributed by atoms with Crippen molar-refractivity contribution in [2.24, 2.45) is 0 Å². The molecule has 0 aromatic heterocycles. The zero-order valence-corrected chi connectivity index (χ0v) is 23.2. The van der Waals surface area contributed by atoms with Crippen LogP contribution >= 0.6 is 0 Å². The first kappa shape index (κ1) is 30.5. The maximum absolute atomic E-state index is 11.6. The van der Waals surface area contributed by atoms with E-state index in [-0.39, 0.29) is 0 Å². The highest BCUT2D eigenvalue weighted by atomic mass is 32.2. The molecule has 0 amide bonds. The van der Waals surface area contributed by atoms with E-state index in [1.54, 1.807) is 12.1 Å². The number of hydrogen-bond acceptors (Lipinski definition) is 2. The molecule has 1 unspecified atom stereocenters. The van der Waals surface area contributed by atoms with Crippen molar-refractivity contribution in [1.29, 1.82) is 0 Å². The molecule has 1 N–H and O–H groups in total. The maximum atomic E-state index is 11.6. The van der Waals surface area contributed by atoms with Gasteiger partial charge in [-0.25, -0.2) is 0 Å². The topological polar surface area (TPSA) is 54.4 Å². The summed E-state index contributed by atoms with van der Waals surface area (Å²) in [6.07, 6.45) is 16.9. The first-order chi connectivity index (χ1) is 18.0. The van der Waals surface area contributed by atoms with Crippen molar-refractivity contribution in [2.75, 3.05) is 0 Å². The lowest BCUT2D eigenvalue weighted by Gasteiger charge is -2.14. The molecule has 200 valence electrons. The summed E-state index contributed by atoms with van der Waals surface area (Å²) in [5.74, 6) is 0. The van der Waals surface area contributed by atoms with Crippen molar-refractivity contribution < 1.29 is 13.0 Å². The van der Waals surface area contributed by atoms with Crippen molar-refractivity contribution in [3.63, 3.8) is 0 Å². The summed E-state index contributed by atoms with van der Waals surface area (Å²) < 4.78 is 32.6. The number of unbranched alkanes of at least 4 members (excludes halogenated alkanes) is 9. The summed E-state index contributed by atoms with van der Waals surface area (Å²) in [5.41, 5.74) is 3.15. The first-order valence-corrected chi connectivity index (χ1v) is 15.3. The third-order valence-corrected chi connectivity index (χ3v) is 7.65. The van der Waals surface area contributed by atoms with E-state index in [1.807, 2.05) is 54.6 Å². The Morgan fingerprint density at radius 3 is 1.38 bits per heavy atom. The van der Waals surface area contributed by atoms with E-state index in [0.717, 1.165) is 19.3 Å². The van der Waals surface area contributed by atoms with Crippen LogP contribution in [0.25, 0.3) is 12.2 Å². The average molecular weight is 521 g/mol. The third-order valence-electron chi connectivity index (χ3n) is 6.42. The van der Waals surface area contributed by atoms with E-state index in [2.05, 4.69) is 43.3 Å². The second-order valence-electron chi connectivity index (χ2n) is 9.54. The van der Waals surface area contributed by atoms with Gasteiger partial charge in [-0.3, -0.25) is 4.55 Å². The van der Waals surface area contributed by atoms with Crippen molar-refractivity contribution in [3.05, 3.63) is 108 Å². The molecule has 0 saturated heterocycles. The molecule has 37 heavy (non-hydrogen) atoms. The summed E-state index contributed by atoms with van der Waals surface area (Å²) in [6, 6.07) is 29.6. The Hall–Kier alpha value is -2.69. The SMILES string of the molecule is C(=Cc1ccccc1)c1ccccc1.CCCCCCCCCCCCC(c1ccccc1)S(=O)(=O)O. The molecular formula is C33H44O3S. The zero-order chi connectivity index (χ0) is 26.6. The summed E-state index contributed by atoms with van der Waals surface area (Å²) in [7, 11) is -4.03. The Morgan fingerprint density at radius 2 is 0.973 bits per heavy atom. The highest BCUT2D eigenvalue weighted by molar-refractivity contribution is 7.86. The van der Waals surface area contributed by atoms with Crippen LogP contribution in [-0.4, -0.2) is 13.0 Å². The van der Waals surface area contributed by atoms with Crippen molar-refractivity contribution in [1.82, 2.24) is 0 Å². The normalized spacial score (nSPS) is 12.2. The van der Waals surface area contributed by atoms with Gasteiger partial charge in [-0.2, -0.15) is 8.42 Å². The van der Waals surface area contributed by atoms with Gasteiger partial charge in [0.15, 0.2) is 0 Å². The number of rotatable bonds is 15. The Kier molecular flexibility index (Phi) is 15.3. The highest BCUT2D eigenvalue weighted by Crippen LogP contribution is 2.27. The fraction of sp³-hybridized carbons (Fsp3) is 0.394. The van der Waals surface area contributed by atoms with Crippen LogP contribution in [0.15, 0.2) is 91.0 Å². The van der Waals surface area contributed by atoms with Crippen LogP contribution in [0.3, 0.4) is 0 Å². The van der Waals surface area contributed by atoms with E-state index < -0.39 is 15.4 Å². The van der Waals surface area contributed by atoms with Gasteiger partial charge in [-0.1, -0.05) is 174 Å². The standard InChI is InChI=1S/C19H32O3S.C14H12/c1-2-3-4-5-6-7-8-9-10-14-17-19(23(20,21)22)18-15-12-11-13-16-18;1-3-7-13(8-4-1)11-12-14-9-5-2-6-10-14/h11-13,15-16,19H,2-10,14,17H2,1H3,(H,20,21,22);1-12H. The van der Waals surface area contributed by atoms with Crippen LogP contribution in [0.1, 0.15) is 99.5 Å². The van der Waals surface area contributed by atoms with E-state index in [0.29, 0.717) is 12.0 Å². The fourth-order valence-electron chi connectivity index (χ4n) is 4.29. The van der Waals surface area contributed by atoms with Gasteiger partial charge in [-0.15, -0.1) is 0 Å². The molecule has 3 aromatic rings. The van der Waals surface area contributed by atoms with Gasteiger partial charge < -0.3 is 0 Å². The molecule has 1 atom stereocenters. The van der Waals surface area contributed by atoms with E-state index >= 15 is 0 Å². The predicted octanol–water partition coefficient (Wildman–Crippen LogP) is 9.78. The molecule has 0 aliphatic carbocycles. The Bertz CT molecular complexity index is 1040. The van der Waals surface area contributed by atoms with Crippen LogP contribution in [0.4, 0.5) is 0 Å². The van der Waals surface area contributed by atoms with Gasteiger partial charge in [0.1, 0.15) is 5.25 Å². The lowest BCUT2D eigenvalue weighted by molar-refractivity contribution is 0.458. The molecular weight excluding hydrogens is 476 g/mol. The average Bonchev–Trinajstić information content (AvgIpc) is 2.92. The molecule has 0 fully saturated rings. The summed E-state index contributed by atoms with van der Waals surface area (Å²) >= 11 is 0. The molecule has 0 aliphatic rings. The third kappa shape index (κ3) is 14.0. The van der Waals surface area contributed by atoms with Gasteiger partial charge in [0, 0.05) is 0 Å². The second-order valence-corrected chi connectivity index (χ2v) is 11.1. The van der Waals surface area contributed by atoms with Crippen LogP contribution in [0.5, 0.6) is 0 Å². The molecule has 0 aliphatic heterocycles. The maximum Gasteiger partial charge on any atom is 0.271 e. The van der Waals surface area contributed by atoms with E-state index in [9.17, 15) is 13.0 Å². The molecule has 0 heterocycles. The molecule has 3 nitrogen and oxygen atoms in total. The summed E-state index contributed by atoms with van der Waals surface area (Å²) in [5, 5.41) is -0.780. The van der Waals surface area contributed by atoms with Gasteiger partial charge in [-0.05, 0) is 23.1 Å². The van der Waals surface area contributed by atoms with Gasteiger partial charge >= 0.3 is 0 Å². The minimum atomic E-state index is -4.03. The van der Waals surface area contributed by atoms with Crippen molar-refractivity contribution >= 4 is 22.3 Å². The highest BCUT2D eigenvalue weighted by Gasteiger charge is 2.24. The summed E-state index contributed by atoms with van der Waals surface area (Å²) in [4.78, 5) is 0. The largest absolute Gasteiger partial charge is 0.285 e. The molecule has 3 aromatic carbocycles. The minimum Gasteiger partial charge on any atom is -0.285 e. The Labute approximate surface area is 225 Å². The minimum absolute atomic E-state index is 0.499. The molecule has 0 spiro atoms. The lowest BCUT2D eigenvalue weighted by Crippen LogP contribution is -2.12. The molecule has 0 radical (unpaired) electrons. The van der Waals surface area contributed by atoms with Gasteiger partial charge in [0.25, 0.3) is 10.1 Å². The van der Waals surface area contributed by atoms with Crippen LogP contribution in [0.2, 0.25) is 0 Å². The Balaban J connectivity index is 0.000000291. The van der Waals surface area contributed by atoms with E-state index in [4.69, 9.17) is 0 Å². The van der Waals surface area contributed by atoms with Crippen molar-refractivity contribution in [3.8, 4) is 0 Å². The first-order valence-electron chi connectivity index (χ1n) is 13.8. The van der Waals surface area contributed by atoms with Crippen LogP contribution in [0, 0.1) is 0 Å². The fourth-order valence-corrected chi connectivity index (χ4v) is 5.26. The number of hydrogen-bond donors (Lipinski definition) is 1. The monoisotopic (exact) mass is 520 g/mol. The van der Waals surface area contributed by atoms with Crippen molar-refractivity contribution in [2.45, 2.75) is 82.8 Å². The van der Waals surface area contributed by atoms with Gasteiger partial charge in [0.05, 0.1) is 0 Å². The molecule has 4 heteroatoms. The molecule has 3 rings (SSSR count). The number of benzene rings is 3. The molecule has 0 bridgehead atoms. The smallest absolute Gasteiger partial charge is 0.271 e.